The van der Waals surface area contributed by atoms with Crippen LogP contribution in [-0.2, 0) is 11.3 Å². The molecule has 0 aliphatic heterocycles. The van der Waals surface area contributed by atoms with Crippen LogP contribution in [0.15, 0.2) is 41.8 Å². The van der Waals surface area contributed by atoms with Gasteiger partial charge in [0, 0.05) is 11.4 Å². The second-order valence-corrected chi connectivity index (χ2v) is 4.99. The molecule has 0 radical (unpaired) electrons. The molecule has 1 atom stereocenters. The molecular formula is C14H15NO3S. The number of ether oxygens (including phenoxy) is 1. The largest absolute Gasteiger partial charge is 0.497 e. The van der Waals surface area contributed by atoms with E-state index >= 15 is 0 Å². The highest BCUT2D eigenvalue weighted by molar-refractivity contribution is 7.10. The van der Waals surface area contributed by atoms with Gasteiger partial charge < -0.3 is 9.84 Å². The number of thiophene rings is 1. The second-order valence-electron chi connectivity index (χ2n) is 4.02. The summed E-state index contributed by atoms with van der Waals surface area (Å²) in [4.78, 5) is 12.1. The maximum atomic E-state index is 11.2. The van der Waals surface area contributed by atoms with Gasteiger partial charge in [-0.15, -0.1) is 11.3 Å². The molecule has 100 valence electrons. The Morgan fingerprint density at radius 1 is 1.37 bits per heavy atom. The summed E-state index contributed by atoms with van der Waals surface area (Å²) in [5.41, 5.74) is 1.02. The SMILES string of the molecule is COc1ccc(CNC(C(=O)O)c2cccs2)cc1. The van der Waals surface area contributed by atoms with Gasteiger partial charge in [0.25, 0.3) is 0 Å². The molecule has 1 unspecified atom stereocenters. The van der Waals surface area contributed by atoms with Crippen molar-refractivity contribution in [3.63, 3.8) is 0 Å². The average molecular weight is 277 g/mol. The molecule has 4 nitrogen and oxygen atoms in total. The fourth-order valence-electron chi connectivity index (χ4n) is 1.73. The molecule has 0 aliphatic carbocycles. The van der Waals surface area contributed by atoms with Crippen LogP contribution in [-0.4, -0.2) is 18.2 Å². The lowest BCUT2D eigenvalue weighted by Gasteiger charge is -2.13. The van der Waals surface area contributed by atoms with Crippen molar-refractivity contribution in [1.29, 1.82) is 0 Å². The Kier molecular flexibility index (Phi) is 4.54. The molecule has 1 heterocycles. The number of benzene rings is 1. The molecule has 2 N–H and O–H groups in total. The monoisotopic (exact) mass is 277 g/mol. The predicted molar refractivity (Wildman–Crippen MR) is 74.5 cm³/mol. The third-order valence-electron chi connectivity index (χ3n) is 2.74. The number of carboxylic acid groups (broad SMARTS) is 1. The minimum absolute atomic E-state index is 0.499. The zero-order chi connectivity index (χ0) is 13.7. The van der Waals surface area contributed by atoms with Crippen molar-refractivity contribution in [3.8, 4) is 5.75 Å². The highest BCUT2D eigenvalue weighted by Crippen LogP contribution is 2.20. The van der Waals surface area contributed by atoms with Crippen molar-refractivity contribution >= 4 is 17.3 Å². The van der Waals surface area contributed by atoms with Crippen molar-refractivity contribution in [2.24, 2.45) is 0 Å². The lowest BCUT2D eigenvalue weighted by atomic mass is 10.2. The van der Waals surface area contributed by atoms with Gasteiger partial charge >= 0.3 is 5.97 Å². The Balaban J connectivity index is 2.00. The van der Waals surface area contributed by atoms with Crippen LogP contribution in [0.1, 0.15) is 16.5 Å². The van der Waals surface area contributed by atoms with Crippen molar-refractivity contribution in [2.45, 2.75) is 12.6 Å². The summed E-state index contributed by atoms with van der Waals surface area (Å²) < 4.78 is 5.08. The van der Waals surface area contributed by atoms with Crippen LogP contribution in [0.5, 0.6) is 5.75 Å². The Labute approximate surface area is 115 Å². The van der Waals surface area contributed by atoms with Crippen LogP contribution in [0.4, 0.5) is 0 Å². The van der Waals surface area contributed by atoms with E-state index in [1.807, 2.05) is 41.8 Å². The number of carboxylic acids is 1. The topological polar surface area (TPSA) is 58.6 Å². The van der Waals surface area contributed by atoms with E-state index in [-0.39, 0.29) is 0 Å². The van der Waals surface area contributed by atoms with Crippen molar-refractivity contribution in [3.05, 3.63) is 52.2 Å². The third kappa shape index (κ3) is 3.56. The molecule has 1 aromatic carbocycles. The molecule has 0 bridgehead atoms. The standard InChI is InChI=1S/C14H15NO3S/c1-18-11-6-4-10(5-7-11)9-15-13(14(16)17)12-3-2-8-19-12/h2-8,13,15H,9H2,1H3,(H,16,17). The molecule has 0 saturated carbocycles. The van der Waals surface area contributed by atoms with Gasteiger partial charge in [0.15, 0.2) is 0 Å². The molecule has 0 fully saturated rings. The highest BCUT2D eigenvalue weighted by atomic mass is 32.1. The van der Waals surface area contributed by atoms with Gasteiger partial charge in [0.1, 0.15) is 11.8 Å². The van der Waals surface area contributed by atoms with Gasteiger partial charge in [0.05, 0.1) is 7.11 Å². The summed E-state index contributed by atoms with van der Waals surface area (Å²) in [6.45, 7) is 0.499. The molecular weight excluding hydrogens is 262 g/mol. The van der Waals surface area contributed by atoms with Gasteiger partial charge in [0.2, 0.25) is 0 Å². The van der Waals surface area contributed by atoms with E-state index in [4.69, 9.17) is 4.74 Å². The zero-order valence-corrected chi connectivity index (χ0v) is 11.3. The van der Waals surface area contributed by atoms with E-state index in [9.17, 15) is 9.90 Å². The van der Waals surface area contributed by atoms with E-state index in [0.29, 0.717) is 6.54 Å². The van der Waals surface area contributed by atoms with Gasteiger partial charge in [-0.25, -0.2) is 0 Å². The first-order valence-electron chi connectivity index (χ1n) is 5.83. The van der Waals surface area contributed by atoms with Gasteiger partial charge in [-0.2, -0.15) is 0 Å². The first kappa shape index (κ1) is 13.6. The summed E-state index contributed by atoms with van der Waals surface area (Å²) in [6, 6.07) is 10.6. The number of hydrogen-bond acceptors (Lipinski definition) is 4. The van der Waals surface area contributed by atoms with E-state index in [0.717, 1.165) is 16.2 Å². The minimum atomic E-state index is -0.865. The minimum Gasteiger partial charge on any atom is -0.497 e. The number of carbonyl (C=O) groups is 1. The van der Waals surface area contributed by atoms with Crippen LogP contribution >= 0.6 is 11.3 Å². The smallest absolute Gasteiger partial charge is 0.326 e. The second kappa shape index (κ2) is 6.36. The summed E-state index contributed by atoms with van der Waals surface area (Å²) >= 11 is 1.44. The first-order chi connectivity index (χ1) is 9.20. The Morgan fingerprint density at radius 2 is 2.11 bits per heavy atom. The number of hydrogen-bond donors (Lipinski definition) is 2. The van der Waals surface area contributed by atoms with Gasteiger partial charge in [-0.3, -0.25) is 10.1 Å². The fraction of sp³-hybridized carbons (Fsp3) is 0.214. The molecule has 0 aliphatic rings. The lowest BCUT2D eigenvalue weighted by molar-refractivity contribution is -0.139. The lowest BCUT2D eigenvalue weighted by Crippen LogP contribution is -2.27. The summed E-state index contributed by atoms with van der Waals surface area (Å²) in [6.07, 6.45) is 0. The zero-order valence-electron chi connectivity index (χ0n) is 10.5. The Morgan fingerprint density at radius 3 is 2.63 bits per heavy atom. The predicted octanol–water partition coefficient (Wildman–Crippen LogP) is 2.67. The number of nitrogens with one attached hydrogen (secondary N) is 1. The van der Waals surface area contributed by atoms with Gasteiger partial charge in [-0.05, 0) is 29.1 Å². The van der Waals surface area contributed by atoms with Crippen molar-refractivity contribution in [1.82, 2.24) is 5.32 Å². The van der Waals surface area contributed by atoms with Crippen LogP contribution in [0.2, 0.25) is 0 Å². The van der Waals surface area contributed by atoms with Crippen LogP contribution < -0.4 is 10.1 Å². The first-order valence-corrected chi connectivity index (χ1v) is 6.71. The average Bonchev–Trinajstić information content (AvgIpc) is 2.93. The molecule has 2 aromatic rings. The van der Waals surface area contributed by atoms with Crippen LogP contribution in [0, 0.1) is 0 Å². The van der Waals surface area contributed by atoms with Gasteiger partial charge in [-0.1, -0.05) is 18.2 Å². The van der Waals surface area contributed by atoms with E-state index < -0.39 is 12.0 Å². The third-order valence-corrected chi connectivity index (χ3v) is 3.68. The Bertz CT molecular complexity index is 522. The van der Waals surface area contributed by atoms with Crippen molar-refractivity contribution < 1.29 is 14.6 Å². The van der Waals surface area contributed by atoms with Crippen LogP contribution in [0.3, 0.4) is 0 Å². The molecule has 5 heteroatoms. The maximum absolute atomic E-state index is 11.2. The van der Waals surface area contributed by atoms with Crippen LogP contribution in [0.25, 0.3) is 0 Å². The molecule has 19 heavy (non-hydrogen) atoms. The highest BCUT2D eigenvalue weighted by Gasteiger charge is 2.19. The molecule has 1 aromatic heterocycles. The molecule has 2 rings (SSSR count). The fourth-order valence-corrected chi connectivity index (χ4v) is 2.52. The van der Waals surface area contributed by atoms with E-state index in [1.54, 1.807) is 7.11 Å². The summed E-state index contributed by atoms with van der Waals surface area (Å²) in [5.74, 6) is -0.0762. The normalized spacial score (nSPS) is 12.1. The molecule has 0 saturated heterocycles. The molecule has 0 spiro atoms. The molecule has 0 amide bonds. The summed E-state index contributed by atoms with van der Waals surface area (Å²) in [5, 5.41) is 14.2. The number of rotatable bonds is 6. The maximum Gasteiger partial charge on any atom is 0.326 e. The van der Waals surface area contributed by atoms with E-state index in [2.05, 4.69) is 5.32 Å². The number of methoxy groups -OCH3 is 1. The number of aliphatic carboxylic acids is 1. The van der Waals surface area contributed by atoms with Crippen molar-refractivity contribution in [2.75, 3.05) is 7.11 Å². The summed E-state index contributed by atoms with van der Waals surface area (Å²) in [7, 11) is 1.62. The quantitative estimate of drug-likeness (QED) is 0.852. The van der Waals surface area contributed by atoms with E-state index in [1.165, 1.54) is 11.3 Å². The Hall–Kier alpha value is -1.85.